The first-order chi connectivity index (χ1) is 15.1. The van der Waals surface area contributed by atoms with Crippen LogP contribution in [0.4, 0.5) is 0 Å². The number of carbonyl (C=O) groups is 1. The van der Waals surface area contributed by atoms with E-state index in [0.29, 0.717) is 24.5 Å². The van der Waals surface area contributed by atoms with Crippen molar-refractivity contribution in [2.24, 2.45) is 5.41 Å². The molecule has 1 saturated heterocycles. The summed E-state index contributed by atoms with van der Waals surface area (Å²) in [6.07, 6.45) is 10.9. The number of amides is 1. The van der Waals surface area contributed by atoms with Crippen LogP contribution in [0.5, 0.6) is 0 Å². The van der Waals surface area contributed by atoms with Crippen LogP contribution in [-0.2, 0) is 9.53 Å². The number of piperidine rings is 1. The van der Waals surface area contributed by atoms with Crippen molar-refractivity contribution in [1.29, 1.82) is 0 Å². The average molecular weight is 422 g/mol. The number of hydrogen-bond donors (Lipinski definition) is 1. The van der Waals surface area contributed by atoms with E-state index in [9.17, 15) is 4.79 Å². The first-order valence-corrected chi connectivity index (χ1v) is 12.1. The summed E-state index contributed by atoms with van der Waals surface area (Å²) in [6.45, 7) is 3.60. The minimum Gasteiger partial charge on any atom is -0.376 e. The van der Waals surface area contributed by atoms with E-state index < -0.39 is 0 Å². The van der Waals surface area contributed by atoms with E-state index in [0.717, 1.165) is 50.8 Å². The molecule has 5 heteroatoms. The molecule has 3 fully saturated rings. The molecule has 2 aromatic rings. The molecule has 2 heterocycles. The van der Waals surface area contributed by atoms with Crippen molar-refractivity contribution < 1.29 is 9.53 Å². The smallest absolute Gasteiger partial charge is 0.228 e. The lowest BCUT2D eigenvalue weighted by atomic mass is 9.82. The molecule has 2 atom stereocenters. The topological polar surface area (TPSA) is 58.2 Å². The van der Waals surface area contributed by atoms with Gasteiger partial charge in [-0.2, -0.15) is 5.10 Å². The summed E-state index contributed by atoms with van der Waals surface area (Å²) < 4.78 is 6.52. The molecule has 5 nitrogen and oxygen atoms in total. The predicted molar refractivity (Wildman–Crippen MR) is 121 cm³/mol. The lowest BCUT2D eigenvalue weighted by Crippen LogP contribution is -2.52. The zero-order valence-corrected chi connectivity index (χ0v) is 18.6. The number of rotatable bonds is 6. The summed E-state index contributed by atoms with van der Waals surface area (Å²) in [5.74, 6) is 1.24. The van der Waals surface area contributed by atoms with E-state index in [-0.39, 0.29) is 17.4 Å². The number of H-pyrrole nitrogens is 1. The first-order valence-electron chi connectivity index (χ1n) is 12.1. The molecule has 2 saturated carbocycles. The van der Waals surface area contributed by atoms with Gasteiger partial charge in [0.15, 0.2) is 0 Å². The van der Waals surface area contributed by atoms with E-state index >= 15 is 0 Å². The van der Waals surface area contributed by atoms with E-state index in [4.69, 9.17) is 4.74 Å². The molecule has 1 aliphatic heterocycles. The van der Waals surface area contributed by atoms with Crippen LogP contribution >= 0.6 is 0 Å². The standard InChI is InChI=1S/C26H35N3O2/c1-26(14-15-26)25(30)29-17-5-8-22(23-13-16-27-28-23)24(29)18-31-21-11-9-20(10-12-21)19-6-3-2-4-7-19/h2-4,6-7,13,16,20-22,24H,5,8-12,14-15,17-18H2,1H3,(H,27,28)/t20-,21+,22?,24?. The van der Waals surface area contributed by atoms with Gasteiger partial charge in [0, 0.05) is 24.1 Å². The van der Waals surface area contributed by atoms with E-state index in [2.05, 4.69) is 58.4 Å². The second-order valence-electron chi connectivity index (χ2n) is 10.1. The zero-order chi connectivity index (χ0) is 21.3. The Labute approximate surface area is 185 Å². The van der Waals surface area contributed by atoms with E-state index in [1.54, 1.807) is 0 Å². The van der Waals surface area contributed by atoms with Crippen molar-refractivity contribution in [3.05, 3.63) is 53.9 Å². The monoisotopic (exact) mass is 421 g/mol. The van der Waals surface area contributed by atoms with Gasteiger partial charge < -0.3 is 9.64 Å². The van der Waals surface area contributed by atoms with Crippen LogP contribution in [0.1, 0.15) is 81.4 Å². The summed E-state index contributed by atoms with van der Waals surface area (Å²) in [5, 5.41) is 7.45. The molecule has 31 heavy (non-hydrogen) atoms. The fraction of sp³-hybridized carbons (Fsp3) is 0.615. The number of aromatic amines is 1. The van der Waals surface area contributed by atoms with Crippen molar-refractivity contribution in [1.82, 2.24) is 15.1 Å². The van der Waals surface area contributed by atoms with Crippen molar-refractivity contribution in [3.63, 3.8) is 0 Å². The Morgan fingerprint density at radius 1 is 1.13 bits per heavy atom. The van der Waals surface area contributed by atoms with Crippen molar-refractivity contribution >= 4 is 5.91 Å². The molecule has 2 unspecified atom stereocenters. The van der Waals surface area contributed by atoms with Gasteiger partial charge in [0.2, 0.25) is 5.91 Å². The van der Waals surface area contributed by atoms with Gasteiger partial charge in [0.1, 0.15) is 0 Å². The maximum Gasteiger partial charge on any atom is 0.228 e. The van der Waals surface area contributed by atoms with Crippen LogP contribution in [0.15, 0.2) is 42.6 Å². The minimum absolute atomic E-state index is 0.0915. The number of benzene rings is 1. The maximum absolute atomic E-state index is 13.3. The van der Waals surface area contributed by atoms with Gasteiger partial charge in [-0.05, 0) is 68.9 Å². The Morgan fingerprint density at radius 3 is 2.58 bits per heavy atom. The number of ether oxygens (including phenoxy) is 1. The minimum atomic E-state index is -0.139. The highest BCUT2D eigenvalue weighted by Gasteiger charge is 2.50. The summed E-state index contributed by atoms with van der Waals surface area (Å²) in [5.41, 5.74) is 2.39. The molecule has 0 radical (unpaired) electrons. The highest BCUT2D eigenvalue weighted by atomic mass is 16.5. The molecule has 5 rings (SSSR count). The largest absolute Gasteiger partial charge is 0.376 e. The third-order valence-corrected chi connectivity index (χ3v) is 7.91. The number of carbonyl (C=O) groups excluding carboxylic acids is 1. The highest BCUT2D eigenvalue weighted by molar-refractivity contribution is 5.85. The summed E-state index contributed by atoms with van der Waals surface area (Å²) >= 11 is 0. The van der Waals surface area contributed by atoms with Gasteiger partial charge >= 0.3 is 0 Å². The lowest BCUT2D eigenvalue weighted by Gasteiger charge is -2.42. The number of nitrogens with zero attached hydrogens (tertiary/aromatic N) is 2. The lowest BCUT2D eigenvalue weighted by molar-refractivity contribution is -0.143. The normalized spacial score (nSPS) is 30.2. The third-order valence-electron chi connectivity index (χ3n) is 7.91. The van der Waals surface area contributed by atoms with Crippen LogP contribution in [0, 0.1) is 5.41 Å². The second-order valence-corrected chi connectivity index (χ2v) is 10.1. The number of nitrogens with one attached hydrogen (secondary N) is 1. The molecule has 2 aliphatic carbocycles. The van der Waals surface area contributed by atoms with Crippen LogP contribution in [-0.4, -0.2) is 46.3 Å². The Bertz CT molecular complexity index is 854. The van der Waals surface area contributed by atoms with Gasteiger partial charge in [-0.25, -0.2) is 0 Å². The van der Waals surface area contributed by atoms with Crippen LogP contribution in [0.3, 0.4) is 0 Å². The van der Waals surface area contributed by atoms with Crippen molar-refractivity contribution in [2.75, 3.05) is 13.2 Å². The zero-order valence-electron chi connectivity index (χ0n) is 18.6. The van der Waals surface area contributed by atoms with Gasteiger partial charge in [-0.3, -0.25) is 9.89 Å². The molecule has 1 aromatic heterocycles. The molecule has 0 spiro atoms. The summed E-state index contributed by atoms with van der Waals surface area (Å²) in [6, 6.07) is 13.0. The molecule has 1 aromatic carbocycles. The molecule has 3 aliphatic rings. The first kappa shape index (κ1) is 20.7. The summed E-state index contributed by atoms with van der Waals surface area (Å²) in [7, 11) is 0. The maximum atomic E-state index is 13.3. The SMILES string of the molecule is CC1(C(=O)N2CCCC(c3cc[nH]n3)C2CO[C@H]2CC[C@@H](c3ccccc3)CC2)CC1. The number of likely N-dealkylation sites (tertiary alicyclic amines) is 1. The predicted octanol–water partition coefficient (Wildman–Crippen LogP) is 5.03. The molecular weight excluding hydrogens is 386 g/mol. The Hall–Kier alpha value is -2.14. The Morgan fingerprint density at radius 2 is 1.90 bits per heavy atom. The van der Waals surface area contributed by atoms with Gasteiger partial charge in [-0.1, -0.05) is 37.3 Å². The Kier molecular flexibility index (Phi) is 5.87. The van der Waals surface area contributed by atoms with Crippen molar-refractivity contribution in [3.8, 4) is 0 Å². The van der Waals surface area contributed by atoms with Crippen LogP contribution in [0.2, 0.25) is 0 Å². The van der Waals surface area contributed by atoms with Gasteiger partial charge in [0.05, 0.1) is 24.4 Å². The van der Waals surface area contributed by atoms with Gasteiger partial charge in [-0.15, -0.1) is 0 Å². The van der Waals surface area contributed by atoms with E-state index in [1.165, 1.54) is 18.4 Å². The number of hydrogen-bond acceptors (Lipinski definition) is 3. The van der Waals surface area contributed by atoms with Crippen LogP contribution < -0.4 is 0 Å². The molecular formula is C26H35N3O2. The fourth-order valence-electron chi connectivity index (χ4n) is 5.61. The quantitative estimate of drug-likeness (QED) is 0.712. The fourth-order valence-corrected chi connectivity index (χ4v) is 5.61. The van der Waals surface area contributed by atoms with Gasteiger partial charge in [0.25, 0.3) is 0 Å². The number of aromatic nitrogens is 2. The molecule has 0 bridgehead atoms. The van der Waals surface area contributed by atoms with Crippen LogP contribution in [0.25, 0.3) is 0 Å². The van der Waals surface area contributed by atoms with Crippen molar-refractivity contribution in [2.45, 2.75) is 82.3 Å². The molecule has 1 amide bonds. The summed E-state index contributed by atoms with van der Waals surface area (Å²) in [4.78, 5) is 15.4. The highest BCUT2D eigenvalue weighted by Crippen LogP contribution is 2.48. The third kappa shape index (κ3) is 4.43. The molecule has 166 valence electrons. The second kappa shape index (κ2) is 8.78. The average Bonchev–Trinajstić information content (AvgIpc) is 3.34. The Balaban J connectivity index is 1.24. The molecule has 1 N–H and O–H groups in total. The van der Waals surface area contributed by atoms with E-state index in [1.807, 2.05) is 6.20 Å².